The van der Waals surface area contributed by atoms with Crippen LogP contribution in [0.15, 0.2) is 48.9 Å². The standard InChI is InChI=1S/C16H17N3O3/c20-16(15-10-17-6-7-18-15)19-8-9-21-12-14(11-19)22-13-4-2-1-3-5-13/h1-7,10,14H,8-9,11-12H2. The summed E-state index contributed by atoms with van der Waals surface area (Å²) in [7, 11) is 0. The van der Waals surface area contributed by atoms with E-state index in [1.807, 2.05) is 30.3 Å². The van der Waals surface area contributed by atoms with Gasteiger partial charge in [-0.25, -0.2) is 4.98 Å². The maximum atomic E-state index is 12.5. The molecule has 1 fully saturated rings. The number of hydrogen-bond acceptors (Lipinski definition) is 5. The number of benzene rings is 1. The highest BCUT2D eigenvalue weighted by atomic mass is 16.5. The maximum Gasteiger partial charge on any atom is 0.274 e. The topological polar surface area (TPSA) is 64.6 Å². The summed E-state index contributed by atoms with van der Waals surface area (Å²) < 4.78 is 11.4. The summed E-state index contributed by atoms with van der Waals surface area (Å²) in [6.45, 7) is 1.92. The molecule has 0 saturated carbocycles. The first-order valence-electron chi connectivity index (χ1n) is 7.17. The summed E-state index contributed by atoms with van der Waals surface area (Å²) in [5.41, 5.74) is 0.336. The van der Waals surface area contributed by atoms with E-state index in [0.717, 1.165) is 5.75 Å². The van der Waals surface area contributed by atoms with Crippen molar-refractivity contribution in [3.8, 4) is 5.75 Å². The maximum absolute atomic E-state index is 12.5. The molecular formula is C16H17N3O3. The van der Waals surface area contributed by atoms with Crippen molar-refractivity contribution >= 4 is 5.91 Å². The summed E-state index contributed by atoms with van der Waals surface area (Å²) in [4.78, 5) is 22.2. The van der Waals surface area contributed by atoms with Crippen LogP contribution in [-0.4, -0.2) is 53.2 Å². The van der Waals surface area contributed by atoms with Crippen molar-refractivity contribution < 1.29 is 14.3 Å². The van der Waals surface area contributed by atoms with Gasteiger partial charge in [-0.15, -0.1) is 0 Å². The summed E-state index contributed by atoms with van der Waals surface area (Å²) in [5, 5.41) is 0. The number of carbonyl (C=O) groups is 1. The van der Waals surface area contributed by atoms with Gasteiger partial charge in [-0.05, 0) is 12.1 Å². The van der Waals surface area contributed by atoms with E-state index in [0.29, 0.717) is 32.0 Å². The van der Waals surface area contributed by atoms with Gasteiger partial charge in [0.25, 0.3) is 5.91 Å². The normalized spacial score (nSPS) is 18.5. The third-order valence-corrected chi connectivity index (χ3v) is 3.35. The van der Waals surface area contributed by atoms with Crippen LogP contribution < -0.4 is 4.74 Å². The number of aromatic nitrogens is 2. The molecule has 6 nitrogen and oxygen atoms in total. The number of nitrogens with zero attached hydrogens (tertiary/aromatic N) is 3. The minimum absolute atomic E-state index is 0.153. The Kier molecular flexibility index (Phi) is 4.60. The lowest BCUT2D eigenvalue weighted by molar-refractivity contribution is 0.0648. The van der Waals surface area contributed by atoms with E-state index in [1.54, 1.807) is 11.1 Å². The van der Waals surface area contributed by atoms with Crippen LogP contribution in [0.5, 0.6) is 5.75 Å². The molecule has 3 rings (SSSR count). The van der Waals surface area contributed by atoms with Crippen molar-refractivity contribution in [2.45, 2.75) is 6.10 Å². The molecule has 2 aromatic rings. The van der Waals surface area contributed by atoms with Gasteiger partial charge in [0.05, 0.1) is 26.0 Å². The van der Waals surface area contributed by atoms with Crippen LogP contribution in [0.2, 0.25) is 0 Å². The molecule has 1 aliphatic rings. The molecule has 6 heteroatoms. The Hall–Kier alpha value is -2.47. The predicted octanol–water partition coefficient (Wildman–Crippen LogP) is 1.40. The smallest absolute Gasteiger partial charge is 0.274 e. The Labute approximate surface area is 128 Å². The molecule has 1 aliphatic heterocycles. The molecule has 1 amide bonds. The van der Waals surface area contributed by atoms with E-state index >= 15 is 0 Å². The van der Waals surface area contributed by atoms with Gasteiger partial charge >= 0.3 is 0 Å². The lowest BCUT2D eigenvalue weighted by atomic mass is 10.3. The van der Waals surface area contributed by atoms with Gasteiger partial charge < -0.3 is 14.4 Å². The van der Waals surface area contributed by atoms with Crippen molar-refractivity contribution in [2.75, 3.05) is 26.3 Å². The van der Waals surface area contributed by atoms with Crippen molar-refractivity contribution in [2.24, 2.45) is 0 Å². The molecule has 0 aliphatic carbocycles. The minimum Gasteiger partial charge on any atom is -0.486 e. The first-order chi connectivity index (χ1) is 10.8. The summed E-state index contributed by atoms with van der Waals surface area (Å²) >= 11 is 0. The minimum atomic E-state index is -0.203. The third-order valence-electron chi connectivity index (χ3n) is 3.35. The summed E-state index contributed by atoms with van der Waals surface area (Å²) in [6.07, 6.45) is 4.33. The van der Waals surface area contributed by atoms with Gasteiger partial charge in [0, 0.05) is 18.9 Å². The Morgan fingerprint density at radius 3 is 2.91 bits per heavy atom. The monoisotopic (exact) mass is 299 g/mol. The molecule has 1 aromatic heterocycles. The Morgan fingerprint density at radius 1 is 1.27 bits per heavy atom. The Balaban J connectivity index is 1.69. The van der Waals surface area contributed by atoms with Gasteiger partial charge in [-0.2, -0.15) is 0 Å². The average Bonchev–Trinajstić information content (AvgIpc) is 2.81. The van der Waals surface area contributed by atoms with E-state index in [1.165, 1.54) is 12.4 Å². The van der Waals surface area contributed by atoms with Crippen LogP contribution in [0.25, 0.3) is 0 Å². The van der Waals surface area contributed by atoms with E-state index < -0.39 is 0 Å². The zero-order chi connectivity index (χ0) is 15.2. The SMILES string of the molecule is O=C(c1cnccn1)N1CCOCC(Oc2ccccc2)C1. The highest BCUT2D eigenvalue weighted by Crippen LogP contribution is 2.14. The Morgan fingerprint density at radius 2 is 2.14 bits per heavy atom. The van der Waals surface area contributed by atoms with Gasteiger partial charge in [0.2, 0.25) is 0 Å². The van der Waals surface area contributed by atoms with Gasteiger partial charge in [-0.3, -0.25) is 9.78 Å². The second kappa shape index (κ2) is 7.00. The molecule has 0 radical (unpaired) electrons. The number of amides is 1. The van der Waals surface area contributed by atoms with Crippen LogP contribution in [-0.2, 0) is 4.74 Å². The second-order valence-corrected chi connectivity index (χ2v) is 4.97. The van der Waals surface area contributed by atoms with Crippen molar-refractivity contribution in [1.82, 2.24) is 14.9 Å². The molecule has 0 N–H and O–H groups in total. The summed E-state index contributed by atoms with van der Waals surface area (Å²) in [5.74, 6) is 0.616. The molecular weight excluding hydrogens is 282 g/mol. The lowest BCUT2D eigenvalue weighted by Crippen LogP contribution is -2.40. The molecule has 1 aromatic carbocycles. The van der Waals surface area contributed by atoms with Gasteiger partial charge in [-0.1, -0.05) is 18.2 Å². The third kappa shape index (κ3) is 3.59. The van der Waals surface area contributed by atoms with Crippen LogP contribution in [0.4, 0.5) is 0 Å². The first kappa shape index (κ1) is 14.5. The van der Waals surface area contributed by atoms with Gasteiger partial charge in [0.15, 0.2) is 0 Å². The largest absolute Gasteiger partial charge is 0.486 e. The quantitative estimate of drug-likeness (QED) is 0.857. The van der Waals surface area contributed by atoms with Crippen molar-refractivity contribution in [3.63, 3.8) is 0 Å². The highest BCUT2D eigenvalue weighted by Gasteiger charge is 2.25. The Bertz CT molecular complexity index is 607. The summed E-state index contributed by atoms with van der Waals surface area (Å²) in [6, 6.07) is 9.53. The van der Waals surface area contributed by atoms with Crippen molar-refractivity contribution in [1.29, 1.82) is 0 Å². The highest BCUT2D eigenvalue weighted by molar-refractivity contribution is 5.92. The number of hydrogen-bond donors (Lipinski definition) is 0. The van der Waals surface area contributed by atoms with E-state index in [2.05, 4.69) is 9.97 Å². The van der Waals surface area contributed by atoms with Crippen molar-refractivity contribution in [3.05, 3.63) is 54.6 Å². The number of ether oxygens (including phenoxy) is 2. The number of rotatable bonds is 3. The van der Waals surface area contributed by atoms with Crippen LogP contribution in [0.1, 0.15) is 10.5 Å². The molecule has 1 saturated heterocycles. The fourth-order valence-corrected chi connectivity index (χ4v) is 2.30. The van der Waals surface area contributed by atoms with E-state index in [9.17, 15) is 4.79 Å². The lowest BCUT2D eigenvalue weighted by Gasteiger charge is -2.23. The molecule has 0 bridgehead atoms. The second-order valence-electron chi connectivity index (χ2n) is 4.97. The van der Waals surface area contributed by atoms with E-state index in [-0.39, 0.29) is 12.0 Å². The molecule has 114 valence electrons. The zero-order valence-corrected chi connectivity index (χ0v) is 12.1. The van der Waals surface area contributed by atoms with Crippen LogP contribution in [0.3, 0.4) is 0 Å². The zero-order valence-electron chi connectivity index (χ0n) is 12.1. The van der Waals surface area contributed by atoms with Crippen LogP contribution >= 0.6 is 0 Å². The predicted molar refractivity (Wildman–Crippen MR) is 79.6 cm³/mol. The molecule has 0 spiro atoms. The van der Waals surface area contributed by atoms with E-state index in [4.69, 9.17) is 9.47 Å². The number of para-hydroxylation sites is 1. The fourth-order valence-electron chi connectivity index (χ4n) is 2.30. The molecule has 1 atom stereocenters. The molecule has 1 unspecified atom stereocenters. The fraction of sp³-hybridized carbons (Fsp3) is 0.312. The van der Waals surface area contributed by atoms with Crippen LogP contribution in [0, 0.1) is 0 Å². The molecule has 22 heavy (non-hydrogen) atoms. The molecule has 2 heterocycles. The average molecular weight is 299 g/mol. The number of carbonyl (C=O) groups excluding carboxylic acids is 1. The van der Waals surface area contributed by atoms with Gasteiger partial charge in [0.1, 0.15) is 17.5 Å². The first-order valence-corrected chi connectivity index (χ1v) is 7.17.